The van der Waals surface area contributed by atoms with Gasteiger partial charge < -0.3 is 5.11 Å². The van der Waals surface area contributed by atoms with Gasteiger partial charge in [0, 0.05) is 12.1 Å². The molecule has 1 heterocycles. The minimum absolute atomic E-state index is 0.0456. The molecule has 0 amide bonds. The Morgan fingerprint density at radius 2 is 1.82 bits per heavy atom. The van der Waals surface area contributed by atoms with Crippen LogP contribution >= 0.6 is 0 Å². The molecule has 3 N–H and O–H groups in total. The Morgan fingerprint density at radius 3 is 2.50 bits per heavy atom. The zero-order chi connectivity index (χ0) is 15.4. The minimum atomic E-state index is -0.528. The highest BCUT2D eigenvalue weighted by atomic mass is 16.5. The van der Waals surface area contributed by atoms with Crippen LogP contribution in [0.4, 0.5) is 5.69 Å². The van der Waals surface area contributed by atoms with E-state index in [1.807, 2.05) is 54.6 Å². The Hall–Kier alpha value is -2.17. The van der Waals surface area contributed by atoms with Crippen molar-refractivity contribution in [3.8, 4) is 0 Å². The maximum absolute atomic E-state index is 10.4. The van der Waals surface area contributed by atoms with Gasteiger partial charge in [-0.3, -0.25) is 15.7 Å². The highest BCUT2D eigenvalue weighted by molar-refractivity contribution is 5.88. The molecule has 1 aliphatic heterocycles. The van der Waals surface area contributed by atoms with Crippen molar-refractivity contribution in [3.63, 3.8) is 0 Å². The van der Waals surface area contributed by atoms with Crippen LogP contribution in [0.1, 0.15) is 30.1 Å². The van der Waals surface area contributed by atoms with Crippen LogP contribution < -0.4 is 5.48 Å². The maximum atomic E-state index is 10.4. The van der Waals surface area contributed by atoms with Crippen LogP contribution in [0.3, 0.4) is 0 Å². The smallest absolute Gasteiger partial charge is 0.101 e. The average molecular weight is 296 g/mol. The van der Waals surface area contributed by atoms with E-state index in [2.05, 4.69) is 5.48 Å². The van der Waals surface area contributed by atoms with Crippen LogP contribution in [0.2, 0.25) is 0 Å². The molecular weight excluding hydrogens is 276 g/mol. The third-order valence-electron chi connectivity index (χ3n) is 4.07. The van der Waals surface area contributed by atoms with Crippen molar-refractivity contribution in [3.05, 3.63) is 65.7 Å². The fourth-order valence-corrected chi connectivity index (χ4v) is 2.85. The summed E-state index contributed by atoms with van der Waals surface area (Å²) in [4.78, 5) is 4.70. The summed E-state index contributed by atoms with van der Waals surface area (Å²) >= 11 is 0. The van der Waals surface area contributed by atoms with Crippen LogP contribution in [0.5, 0.6) is 0 Å². The summed E-state index contributed by atoms with van der Waals surface area (Å²) < 4.78 is 0. The molecule has 0 aromatic heterocycles. The lowest BCUT2D eigenvalue weighted by Crippen LogP contribution is -2.13. The van der Waals surface area contributed by atoms with Crippen molar-refractivity contribution in [1.29, 1.82) is 0 Å². The molecule has 0 unspecified atom stereocenters. The predicted molar refractivity (Wildman–Crippen MR) is 87.4 cm³/mol. The summed E-state index contributed by atoms with van der Waals surface area (Å²) in [5.74, 6) is 0. The third kappa shape index (κ3) is 3.35. The predicted octanol–water partition coefficient (Wildman–Crippen LogP) is 3.37. The molecule has 4 heteroatoms. The molecule has 0 saturated carbocycles. The number of anilines is 1. The first kappa shape index (κ1) is 14.8. The van der Waals surface area contributed by atoms with E-state index in [1.54, 1.807) is 0 Å². The normalized spacial score (nSPS) is 18.8. The molecule has 0 spiro atoms. The van der Waals surface area contributed by atoms with Gasteiger partial charge in [0.25, 0.3) is 0 Å². The third-order valence-corrected chi connectivity index (χ3v) is 4.07. The van der Waals surface area contributed by atoms with E-state index in [4.69, 9.17) is 10.2 Å². The molecule has 1 aliphatic rings. The van der Waals surface area contributed by atoms with Gasteiger partial charge in [0.2, 0.25) is 0 Å². The zero-order valence-electron chi connectivity index (χ0n) is 12.3. The summed E-state index contributed by atoms with van der Waals surface area (Å²) in [6, 6.07) is 17.3. The number of aliphatic hydroxyl groups is 1. The molecule has 4 nitrogen and oxygen atoms in total. The quantitative estimate of drug-likeness (QED) is 0.741. The van der Waals surface area contributed by atoms with E-state index < -0.39 is 6.10 Å². The first-order valence-electron chi connectivity index (χ1n) is 7.54. The van der Waals surface area contributed by atoms with Gasteiger partial charge in [0.15, 0.2) is 0 Å². The molecule has 3 rings (SSSR count). The molecule has 2 atom stereocenters. The SMILES string of the molecule is ONc1ccc(CC2=N[C@@H]([C@H](O)c3ccccc3)CC2)cc1. The zero-order valence-corrected chi connectivity index (χ0v) is 12.3. The standard InChI is InChI=1S/C18H20N2O2/c21-18(14-4-2-1-3-5-14)17-11-10-16(19-17)12-13-6-8-15(20-22)9-7-13/h1-9,17-18,20-22H,10-12H2/t17-,18-/m1/s1. The molecule has 0 fully saturated rings. The number of benzene rings is 2. The van der Waals surface area contributed by atoms with Gasteiger partial charge in [-0.1, -0.05) is 42.5 Å². The van der Waals surface area contributed by atoms with E-state index in [1.165, 1.54) is 0 Å². The largest absolute Gasteiger partial charge is 0.386 e. The van der Waals surface area contributed by atoms with Crippen molar-refractivity contribution < 1.29 is 10.3 Å². The molecule has 22 heavy (non-hydrogen) atoms. The van der Waals surface area contributed by atoms with Crippen LogP contribution in [-0.4, -0.2) is 22.1 Å². The summed E-state index contributed by atoms with van der Waals surface area (Å²) in [7, 11) is 0. The Kier molecular flexibility index (Phi) is 4.51. The maximum Gasteiger partial charge on any atom is 0.101 e. The van der Waals surface area contributed by atoms with Gasteiger partial charge in [-0.05, 0) is 36.1 Å². The van der Waals surface area contributed by atoms with Gasteiger partial charge in [-0.2, -0.15) is 0 Å². The summed E-state index contributed by atoms with van der Waals surface area (Å²) in [5.41, 5.74) is 6.02. The van der Waals surface area contributed by atoms with Crippen LogP contribution in [-0.2, 0) is 6.42 Å². The number of aliphatic imine (C=N–C) groups is 1. The number of nitrogens with zero attached hydrogens (tertiary/aromatic N) is 1. The molecule has 0 radical (unpaired) electrons. The van der Waals surface area contributed by atoms with Gasteiger partial charge in [-0.15, -0.1) is 0 Å². The van der Waals surface area contributed by atoms with E-state index >= 15 is 0 Å². The lowest BCUT2D eigenvalue weighted by Gasteiger charge is -2.15. The minimum Gasteiger partial charge on any atom is -0.386 e. The first-order chi connectivity index (χ1) is 10.8. The Morgan fingerprint density at radius 1 is 1.09 bits per heavy atom. The monoisotopic (exact) mass is 296 g/mol. The lowest BCUT2D eigenvalue weighted by atomic mass is 10.00. The van der Waals surface area contributed by atoms with Gasteiger partial charge >= 0.3 is 0 Å². The lowest BCUT2D eigenvalue weighted by molar-refractivity contribution is 0.147. The van der Waals surface area contributed by atoms with Crippen LogP contribution in [0.15, 0.2) is 59.6 Å². The molecule has 0 aliphatic carbocycles. The second kappa shape index (κ2) is 6.73. The van der Waals surface area contributed by atoms with Gasteiger partial charge in [0.05, 0.1) is 11.7 Å². The number of hydrogen-bond donors (Lipinski definition) is 3. The summed E-state index contributed by atoms with van der Waals surface area (Å²) in [6.07, 6.45) is 2.08. The summed E-state index contributed by atoms with van der Waals surface area (Å²) in [6.45, 7) is 0. The molecule has 0 saturated heterocycles. The highest BCUT2D eigenvalue weighted by Crippen LogP contribution is 2.28. The highest BCUT2D eigenvalue weighted by Gasteiger charge is 2.25. The van der Waals surface area contributed by atoms with E-state index in [9.17, 15) is 5.11 Å². The van der Waals surface area contributed by atoms with Crippen molar-refractivity contribution in [1.82, 2.24) is 0 Å². The van der Waals surface area contributed by atoms with E-state index in [0.29, 0.717) is 5.69 Å². The van der Waals surface area contributed by atoms with Crippen molar-refractivity contribution in [2.45, 2.75) is 31.4 Å². The van der Waals surface area contributed by atoms with Crippen molar-refractivity contribution in [2.75, 3.05) is 5.48 Å². The Balaban J connectivity index is 1.66. The summed E-state index contributed by atoms with van der Waals surface area (Å²) in [5, 5.41) is 19.2. The van der Waals surface area contributed by atoms with Gasteiger partial charge in [-0.25, -0.2) is 0 Å². The number of hydrogen-bond acceptors (Lipinski definition) is 4. The number of aliphatic hydroxyl groups excluding tert-OH is 1. The molecule has 114 valence electrons. The molecular formula is C18H20N2O2. The fourth-order valence-electron chi connectivity index (χ4n) is 2.85. The first-order valence-corrected chi connectivity index (χ1v) is 7.54. The van der Waals surface area contributed by atoms with E-state index in [-0.39, 0.29) is 6.04 Å². The Bertz CT molecular complexity index is 638. The van der Waals surface area contributed by atoms with Crippen LogP contribution in [0, 0.1) is 0 Å². The topological polar surface area (TPSA) is 64.8 Å². The van der Waals surface area contributed by atoms with Gasteiger partial charge in [0.1, 0.15) is 6.10 Å². The van der Waals surface area contributed by atoms with Crippen molar-refractivity contribution >= 4 is 11.4 Å². The number of rotatable bonds is 5. The average Bonchev–Trinajstić information content (AvgIpc) is 3.04. The second-order valence-electron chi connectivity index (χ2n) is 5.64. The van der Waals surface area contributed by atoms with Crippen molar-refractivity contribution in [2.24, 2.45) is 4.99 Å². The molecule has 0 bridgehead atoms. The Labute approximate surface area is 130 Å². The number of nitrogens with one attached hydrogen (secondary N) is 1. The molecule has 2 aromatic rings. The second-order valence-corrected chi connectivity index (χ2v) is 5.64. The van der Waals surface area contributed by atoms with Crippen LogP contribution in [0.25, 0.3) is 0 Å². The van der Waals surface area contributed by atoms with E-state index in [0.717, 1.165) is 36.1 Å². The fraction of sp³-hybridized carbons (Fsp3) is 0.278. The molecule has 2 aromatic carbocycles.